The van der Waals surface area contributed by atoms with E-state index in [4.69, 9.17) is 5.73 Å². The predicted octanol–water partition coefficient (Wildman–Crippen LogP) is 2.03. The summed E-state index contributed by atoms with van der Waals surface area (Å²) in [6, 6.07) is 0. The van der Waals surface area contributed by atoms with Gasteiger partial charge in [0.15, 0.2) is 0 Å². The summed E-state index contributed by atoms with van der Waals surface area (Å²) in [5.74, 6) is 0.602. The van der Waals surface area contributed by atoms with Crippen LogP contribution in [0.3, 0.4) is 0 Å². The number of rotatable bonds is 5. The van der Waals surface area contributed by atoms with Gasteiger partial charge >= 0.3 is 0 Å². The first-order chi connectivity index (χ1) is 10.6. The average Bonchev–Trinajstić information content (AvgIpc) is 3.11. The zero-order valence-corrected chi connectivity index (χ0v) is 15.4. The SMILES string of the molecule is CCC(CC)(CN)C(=O)N1CCC(C(=O)N2CCCC2)CC1.Cl. The number of carbonyl (C=O) groups is 2. The van der Waals surface area contributed by atoms with Gasteiger partial charge in [0, 0.05) is 38.6 Å². The van der Waals surface area contributed by atoms with Crippen molar-refractivity contribution in [3.8, 4) is 0 Å². The van der Waals surface area contributed by atoms with Crippen LogP contribution in [0, 0.1) is 11.3 Å². The number of carbonyl (C=O) groups excluding carboxylic acids is 2. The van der Waals surface area contributed by atoms with Crippen molar-refractivity contribution in [3.63, 3.8) is 0 Å². The van der Waals surface area contributed by atoms with E-state index in [1.54, 1.807) is 0 Å². The minimum absolute atomic E-state index is 0. The highest BCUT2D eigenvalue weighted by Crippen LogP contribution is 2.30. The van der Waals surface area contributed by atoms with Gasteiger partial charge in [-0.2, -0.15) is 0 Å². The van der Waals surface area contributed by atoms with Gasteiger partial charge in [0.05, 0.1) is 5.41 Å². The fourth-order valence-corrected chi connectivity index (χ4v) is 3.79. The summed E-state index contributed by atoms with van der Waals surface area (Å²) >= 11 is 0. The van der Waals surface area contributed by atoms with E-state index in [1.165, 1.54) is 0 Å². The first-order valence-corrected chi connectivity index (χ1v) is 8.86. The lowest BCUT2D eigenvalue weighted by Crippen LogP contribution is -2.51. The van der Waals surface area contributed by atoms with Crippen LogP contribution in [0.1, 0.15) is 52.4 Å². The second-order valence-corrected chi connectivity index (χ2v) is 6.79. The standard InChI is InChI=1S/C17H31N3O2.ClH/c1-3-17(4-2,13-18)16(22)20-11-7-14(8-12-20)15(21)19-9-5-6-10-19;/h14H,3-13,18H2,1-2H3;1H. The predicted molar refractivity (Wildman–Crippen MR) is 94.4 cm³/mol. The monoisotopic (exact) mass is 345 g/mol. The summed E-state index contributed by atoms with van der Waals surface area (Å²) in [4.78, 5) is 29.2. The molecule has 0 spiro atoms. The minimum atomic E-state index is -0.411. The summed E-state index contributed by atoms with van der Waals surface area (Å²) < 4.78 is 0. The first-order valence-electron chi connectivity index (χ1n) is 8.86. The second-order valence-electron chi connectivity index (χ2n) is 6.79. The number of likely N-dealkylation sites (tertiary alicyclic amines) is 2. The highest BCUT2D eigenvalue weighted by Gasteiger charge is 2.39. The molecule has 0 bridgehead atoms. The van der Waals surface area contributed by atoms with Crippen LogP contribution < -0.4 is 5.73 Å². The molecule has 2 N–H and O–H groups in total. The summed E-state index contributed by atoms with van der Waals surface area (Å²) in [7, 11) is 0. The van der Waals surface area contributed by atoms with Gasteiger partial charge in [-0.1, -0.05) is 13.8 Å². The molecule has 0 atom stereocenters. The number of hydrogen-bond acceptors (Lipinski definition) is 3. The fourth-order valence-electron chi connectivity index (χ4n) is 3.79. The largest absolute Gasteiger partial charge is 0.342 e. The summed E-state index contributed by atoms with van der Waals surface area (Å²) in [6.45, 7) is 7.72. The Labute approximate surface area is 146 Å². The average molecular weight is 346 g/mol. The van der Waals surface area contributed by atoms with Crippen molar-refractivity contribution in [1.29, 1.82) is 0 Å². The van der Waals surface area contributed by atoms with Crippen LogP contribution >= 0.6 is 12.4 Å². The lowest BCUT2D eigenvalue weighted by molar-refractivity contribution is -0.146. The number of piperidine rings is 1. The molecular weight excluding hydrogens is 314 g/mol. The van der Waals surface area contributed by atoms with Gasteiger partial charge in [0.25, 0.3) is 0 Å². The maximum atomic E-state index is 12.8. The van der Waals surface area contributed by atoms with E-state index in [0.717, 1.165) is 51.6 Å². The van der Waals surface area contributed by atoms with E-state index in [2.05, 4.69) is 0 Å². The lowest BCUT2D eigenvalue weighted by Gasteiger charge is -2.39. The Morgan fingerprint density at radius 2 is 1.52 bits per heavy atom. The van der Waals surface area contributed by atoms with E-state index in [1.807, 2.05) is 23.6 Å². The maximum absolute atomic E-state index is 12.8. The van der Waals surface area contributed by atoms with Crippen molar-refractivity contribution in [1.82, 2.24) is 9.80 Å². The molecule has 2 saturated heterocycles. The normalized spacial score (nSPS) is 19.6. The molecule has 0 aliphatic carbocycles. The van der Waals surface area contributed by atoms with Gasteiger partial charge in [-0.3, -0.25) is 9.59 Å². The molecule has 6 heteroatoms. The van der Waals surface area contributed by atoms with Crippen molar-refractivity contribution < 1.29 is 9.59 Å². The van der Waals surface area contributed by atoms with Gasteiger partial charge < -0.3 is 15.5 Å². The Kier molecular flexibility index (Phi) is 7.81. The number of halogens is 1. The molecule has 5 nitrogen and oxygen atoms in total. The Balaban J connectivity index is 0.00000264. The highest BCUT2D eigenvalue weighted by molar-refractivity contribution is 5.85. The van der Waals surface area contributed by atoms with Gasteiger partial charge in [-0.25, -0.2) is 0 Å². The third-order valence-corrected chi connectivity index (χ3v) is 5.75. The Morgan fingerprint density at radius 3 is 1.96 bits per heavy atom. The summed E-state index contributed by atoms with van der Waals surface area (Å²) in [6.07, 6.45) is 5.44. The van der Waals surface area contributed by atoms with E-state index in [0.29, 0.717) is 25.5 Å². The second kappa shape index (κ2) is 8.88. The van der Waals surface area contributed by atoms with E-state index < -0.39 is 5.41 Å². The topological polar surface area (TPSA) is 66.6 Å². The van der Waals surface area contributed by atoms with Crippen molar-refractivity contribution >= 4 is 24.2 Å². The third-order valence-electron chi connectivity index (χ3n) is 5.75. The molecule has 0 unspecified atom stereocenters. The molecule has 0 aromatic carbocycles. The molecule has 2 amide bonds. The van der Waals surface area contributed by atoms with Gasteiger partial charge in [0.1, 0.15) is 0 Å². The zero-order chi connectivity index (χ0) is 16.2. The Bertz CT molecular complexity index is 390. The molecule has 23 heavy (non-hydrogen) atoms. The highest BCUT2D eigenvalue weighted by atomic mass is 35.5. The number of amides is 2. The van der Waals surface area contributed by atoms with Crippen LogP contribution in [0.5, 0.6) is 0 Å². The van der Waals surface area contributed by atoms with Crippen LogP contribution in [0.15, 0.2) is 0 Å². The molecule has 2 fully saturated rings. The van der Waals surface area contributed by atoms with E-state index >= 15 is 0 Å². The molecule has 134 valence electrons. The number of nitrogens with two attached hydrogens (primary N) is 1. The number of nitrogens with zero attached hydrogens (tertiary/aromatic N) is 2. The van der Waals surface area contributed by atoms with Gasteiger partial charge in [-0.15, -0.1) is 12.4 Å². The molecule has 2 rings (SSSR count). The van der Waals surface area contributed by atoms with Gasteiger partial charge in [0.2, 0.25) is 11.8 Å². The molecule has 2 heterocycles. The van der Waals surface area contributed by atoms with Crippen LogP contribution in [0.4, 0.5) is 0 Å². The van der Waals surface area contributed by atoms with Crippen LogP contribution in [-0.4, -0.2) is 54.3 Å². The Hall–Kier alpha value is -0.810. The quantitative estimate of drug-likeness (QED) is 0.829. The first kappa shape index (κ1) is 20.2. The summed E-state index contributed by atoms with van der Waals surface area (Å²) in [5, 5.41) is 0. The molecule has 0 saturated carbocycles. The third kappa shape index (κ3) is 4.18. The molecular formula is C17H32ClN3O2. The van der Waals surface area contributed by atoms with E-state index in [-0.39, 0.29) is 24.2 Å². The Morgan fingerprint density at radius 1 is 1.00 bits per heavy atom. The molecule has 2 aliphatic heterocycles. The van der Waals surface area contributed by atoms with Crippen molar-refractivity contribution in [2.24, 2.45) is 17.1 Å². The molecule has 0 aromatic heterocycles. The fraction of sp³-hybridized carbons (Fsp3) is 0.882. The van der Waals surface area contributed by atoms with Crippen molar-refractivity contribution in [2.45, 2.75) is 52.4 Å². The zero-order valence-electron chi connectivity index (χ0n) is 14.6. The van der Waals surface area contributed by atoms with Crippen LogP contribution in [0.25, 0.3) is 0 Å². The number of hydrogen-bond donors (Lipinski definition) is 1. The van der Waals surface area contributed by atoms with E-state index in [9.17, 15) is 9.59 Å². The lowest BCUT2D eigenvalue weighted by atomic mass is 9.80. The van der Waals surface area contributed by atoms with Crippen molar-refractivity contribution in [2.75, 3.05) is 32.7 Å². The summed E-state index contributed by atoms with van der Waals surface area (Å²) in [5.41, 5.74) is 5.48. The molecule has 2 aliphatic rings. The maximum Gasteiger partial charge on any atom is 0.230 e. The van der Waals surface area contributed by atoms with Crippen LogP contribution in [0.2, 0.25) is 0 Å². The minimum Gasteiger partial charge on any atom is -0.342 e. The van der Waals surface area contributed by atoms with Crippen LogP contribution in [-0.2, 0) is 9.59 Å². The molecule has 0 aromatic rings. The smallest absolute Gasteiger partial charge is 0.230 e. The molecule has 0 radical (unpaired) electrons. The van der Waals surface area contributed by atoms with Gasteiger partial charge in [-0.05, 0) is 38.5 Å². The van der Waals surface area contributed by atoms with Crippen molar-refractivity contribution in [3.05, 3.63) is 0 Å².